The Morgan fingerprint density at radius 1 is 1.63 bits per heavy atom. The molecule has 104 valence electrons. The first-order valence-corrected chi connectivity index (χ1v) is 6.96. The van der Waals surface area contributed by atoms with Gasteiger partial charge in [-0.15, -0.1) is 0 Å². The van der Waals surface area contributed by atoms with Crippen LogP contribution >= 0.6 is 15.9 Å². The molecule has 1 aromatic carbocycles. The molecule has 19 heavy (non-hydrogen) atoms. The SMILES string of the molecule is COCC1CCN(c2cc(Br)ccc2/C(N)=N/O)C1. The Balaban J connectivity index is 2.26. The van der Waals surface area contributed by atoms with Crippen molar-refractivity contribution >= 4 is 27.5 Å². The molecule has 2 rings (SSSR count). The van der Waals surface area contributed by atoms with E-state index in [-0.39, 0.29) is 5.84 Å². The van der Waals surface area contributed by atoms with E-state index in [0.717, 1.165) is 41.8 Å². The summed E-state index contributed by atoms with van der Waals surface area (Å²) in [5.74, 6) is 0.668. The van der Waals surface area contributed by atoms with Crippen LogP contribution in [0.5, 0.6) is 0 Å². The second-order valence-corrected chi connectivity index (χ2v) is 5.62. The molecular weight excluding hydrogens is 310 g/mol. The normalized spacial score (nSPS) is 20.0. The first-order chi connectivity index (χ1) is 9.15. The predicted octanol–water partition coefficient (Wildman–Crippen LogP) is 2.02. The summed E-state index contributed by atoms with van der Waals surface area (Å²) in [6.07, 6.45) is 1.09. The molecule has 1 aromatic rings. The summed E-state index contributed by atoms with van der Waals surface area (Å²) in [5.41, 5.74) is 7.48. The fraction of sp³-hybridized carbons (Fsp3) is 0.462. The van der Waals surface area contributed by atoms with Crippen LogP contribution in [0.15, 0.2) is 27.8 Å². The maximum atomic E-state index is 8.87. The lowest BCUT2D eigenvalue weighted by Gasteiger charge is -2.22. The first kappa shape index (κ1) is 14.1. The van der Waals surface area contributed by atoms with Gasteiger partial charge in [0.1, 0.15) is 0 Å². The Hall–Kier alpha value is -1.27. The Bertz CT molecular complexity index is 479. The molecule has 5 nitrogen and oxygen atoms in total. The first-order valence-electron chi connectivity index (χ1n) is 6.17. The highest BCUT2D eigenvalue weighted by Gasteiger charge is 2.25. The lowest BCUT2D eigenvalue weighted by molar-refractivity contribution is 0.161. The van der Waals surface area contributed by atoms with E-state index < -0.39 is 0 Å². The smallest absolute Gasteiger partial charge is 0.172 e. The van der Waals surface area contributed by atoms with E-state index in [1.54, 1.807) is 7.11 Å². The highest BCUT2D eigenvalue weighted by molar-refractivity contribution is 9.10. The number of methoxy groups -OCH3 is 1. The van der Waals surface area contributed by atoms with Crippen molar-refractivity contribution in [3.8, 4) is 0 Å². The van der Waals surface area contributed by atoms with Crippen LogP contribution in [0.2, 0.25) is 0 Å². The van der Waals surface area contributed by atoms with Crippen LogP contribution in [0, 0.1) is 5.92 Å². The van der Waals surface area contributed by atoms with Crippen LogP contribution in [-0.4, -0.2) is 37.8 Å². The number of hydrogen-bond acceptors (Lipinski definition) is 4. The van der Waals surface area contributed by atoms with Gasteiger partial charge >= 0.3 is 0 Å². The summed E-state index contributed by atoms with van der Waals surface area (Å²) < 4.78 is 6.19. The van der Waals surface area contributed by atoms with Gasteiger partial charge in [0, 0.05) is 41.8 Å². The van der Waals surface area contributed by atoms with E-state index in [4.69, 9.17) is 15.7 Å². The summed E-state index contributed by atoms with van der Waals surface area (Å²) in [7, 11) is 1.73. The van der Waals surface area contributed by atoms with E-state index in [2.05, 4.69) is 26.0 Å². The molecule has 0 bridgehead atoms. The average molecular weight is 328 g/mol. The zero-order valence-corrected chi connectivity index (χ0v) is 12.4. The average Bonchev–Trinajstić information content (AvgIpc) is 2.87. The lowest BCUT2D eigenvalue weighted by atomic mass is 10.1. The third kappa shape index (κ3) is 3.19. The van der Waals surface area contributed by atoms with Gasteiger partial charge < -0.3 is 20.6 Å². The van der Waals surface area contributed by atoms with Crippen molar-refractivity contribution < 1.29 is 9.94 Å². The monoisotopic (exact) mass is 327 g/mol. The zero-order chi connectivity index (χ0) is 13.8. The molecule has 0 spiro atoms. The number of hydrogen-bond donors (Lipinski definition) is 2. The molecule has 1 aliphatic rings. The predicted molar refractivity (Wildman–Crippen MR) is 78.8 cm³/mol. The van der Waals surface area contributed by atoms with E-state index in [9.17, 15) is 0 Å². The molecule has 1 fully saturated rings. The summed E-state index contributed by atoms with van der Waals surface area (Å²) in [6, 6.07) is 5.75. The van der Waals surface area contributed by atoms with Crippen LogP contribution in [0.1, 0.15) is 12.0 Å². The molecule has 3 N–H and O–H groups in total. The van der Waals surface area contributed by atoms with Crippen LogP contribution < -0.4 is 10.6 Å². The lowest BCUT2D eigenvalue weighted by Crippen LogP contribution is -2.25. The largest absolute Gasteiger partial charge is 0.409 e. The molecule has 0 saturated carbocycles. The highest BCUT2D eigenvalue weighted by Crippen LogP contribution is 2.30. The molecule has 0 radical (unpaired) electrons. The topological polar surface area (TPSA) is 71.1 Å². The number of halogens is 1. The maximum Gasteiger partial charge on any atom is 0.172 e. The van der Waals surface area contributed by atoms with Crippen LogP contribution in [-0.2, 0) is 4.74 Å². The number of ether oxygens (including phenoxy) is 1. The van der Waals surface area contributed by atoms with Gasteiger partial charge in [-0.25, -0.2) is 0 Å². The van der Waals surface area contributed by atoms with Gasteiger partial charge in [-0.3, -0.25) is 0 Å². The molecule has 1 heterocycles. The number of rotatable bonds is 4. The van der Waals surface area contributed by atoms with Crippen LogP contribution in [0.4, 0.5) is 5.69 Å². The van der Waals surface area contributed by atoms with E-state index in [0.29, 0.717) is 5.92 Å². The van der Waals surface area contributed by atoms with Crippen molar-refractivity contribution in [2.75, 3.05) is 31.7 Å². The molecule has 0 amide bonds. The molecule has 1 atom stereocenters. The molecular formula is C13H18BrN3O2. The number of nitrogens with two attached hydrogens (primary N) is 1. The fourth-order valence-corrected chi connectivity index (χ4v) is 2.81. The van der Waals surface area contributed by atoms with Gasteiger partial charge in [0.15, 0.2) is 5.84 Å². The van der Waals surface area contributed by atoms with Gasteiger partial charge in [-0.05, 0) is 24.6 Å². The second kappa shape index (κ2) is 6.25. The van der Waals surface area contributed by atoms with Crippen LogP contribution in [0.3, 0.4) is 0 Å². The van der Waals surface area contributed by atoms with Gasteiger partial charge in [-0.1, -0.05) is 21.1 Å². The van der Waals surface area contributed by atoms with E-state index in [1.165, 1.54) is 0 Å². The molecule has 6 heteroatoms. The number of nitrogens with zero attached hydrogens (tertiary/aromatic N) is 2. The van der Waals surface area contributed by atoms with Crippen molar-refractivity contribution in [3.05, 3.63) is 28.2 Å². The van der Waals surface area contributed by atoms with E-state index >= 15 is 0 Å². The Kier molecular flexibility index (Phi) is 4.66. The molecule has 0 aliphatic carbocycles. The number of oxime groups is 1. The van der Waals surface area contributed by atoms with Gasteiger partial charge in [-0.2, -0.15) is 0 Å². The van der Waals surface area contributed by atoms with Gasteiger partial charge in [0.05, 0.1) is 6.61 Å². The number of anilines is 1. The van der Waals surface area contributed by atoms with Gasteiger partial charge in [0.25, 0.3) is 0 Å². The number of benzene rings is 1. The highest BCUT2D eigenvalue weighted by atomic mass is 79.9. The molecule has 1 aliphatic heterocycles. The number of amidine groups is 1. The fourth-order valence-electron chi connectivity index (χ4n) is 2.46. The van der Waals surface area contributed by atoms with Crippen molar-refractivity contribution in [1.82, 2.24) is 0 Å². The zero-order valence-electron chi connectivity index (χ0n) is 10.8. The second-order valence-electron chi connectivity index (χ2n) is 4.70. The minimum atomic E-state index is 0.137. The Morgan fingerprint density at radius 2 is 2.42 bits per heavy atom. The maximum absolute atomic E-state index is 8.87. The molecule has 0 aromatic heterocycles. The van der Waals surface area contributed by atoms with Crippen molar-refractivity contribution in [2.24, 2.45) is 16.8 Å². The van der Waals surface area contributed by atoms with Crippen molar-refractivity contribution in [3.63, 3.8) is 0 Å². The van der Waals surface area contributed by atoms with Crippen molar-refractivity contribution in [1.29, 1.82) is 0 Å². The summed E-state index contributed by atoms with van der Waals surface area (Å²) in [6.45, 7) is 2.65. The Morgan fingerprint density at radius 3 is 3.11 bits per heavy atom. The van der Waals surface area contributed by atoms with Gasteiger partial charge in [0.2, 0.25) is 0 Å². The third-order valence-electron chi connectivity index (χ3n) is 3.37. The summed E-state index contributed by atoms with van der Waals surface area (Å²) >= 11 is 3.47. The molecule has 1 saturated heterocycles. The quantitative estimate of drug-likeness (QED) is 0.384. The standard InChI is InChI=1S/C13H18BrN3O2/c1-19-8-9-4-5-17(7-9)12-6-10(14)2-3-11(12)13(15)16-18/h2-3,6,9,18H,4-5,7-8H2,1H3,(H2,15,16). The summed E-state index contributed by atoms with van der Waals surface area (Å²) in [5, 5.41) is 12.0. The van der Waals surface area contributed by atoms with Crippen molar-refractivity contribution in [2.45, 2.75) is 6.42 Å². The minimum absolute atomic E-state index is 0.137. The third-order valence-corrected chi connectivity index (χ3v) is 3.87. The Labute approximate surface area is 121 Å². The molecule has 1 unspecified atom stereocenters. The summed E-state index contributed by atoms with van der Waals surface area (Å²) in [4.78, 5) is 2.25. The minimum Gasteiger partial charge on any atom is -0.409 e. The van der Waals surface area contributed by atoms with E-state index in [1.807, 2.05) is 18.2 Å². The van der Waals surface area contributed by atoms with Crippen LogP contribution in [0.25, 0.3) is 0 Å².